The summed E-state index contributed by atoms with van der Waals surface area (Å²) in [5, 5.41) is 8.23. The molecular weight excluding hydrogens is 218 g/mol. The van der Waals surface area contributed by atoms with Crippen molar-refractivity contribution in [2.75, 3.05) is 0 Å². The minimum atomic E-state index is -0.603. The van der Waals surface area contributed by atoms with E-state index in [-0.39, 0.29) is 0 Å². The smallest absolute Gasteiger partial charge is 0.276 e. The summed E-state index contributed by atoms with van der Waals surface area (Å²) in [6, 6.07) is 1.92. The van der Waals surface area contributed by atoms with Gasteiger partial charge in [-0.1, -0.05) is 5.16 Å². The molecule has 17 heavy (non-hydrogen) atoms. The van der Waals surface area contributed by atoms with Crippen molar-refractivity contribution in [1.82, 2.24) is 19.9 Å². The molecule has 0 atom stereocenters. The molecule has 2 aromatic rings. The molecule has 6 nitrogen and oxygen atoms in total. The molecule has 0 fully saturated rings. The van der Waals surface area contributed by atoms with Crippen molar-refractivity contribution in [3.8, 4) is 11.6 Å². The second kappa shape index (κ2) is 3.96. The molecule has 0 amide bonds. The molecule has 0 saturated carbocycles. The van der Waals surface area contributed by atoms with Crippen LogP contribution in [0.2, 0.25) is 0 Å². The maximum atomic E-state index is 5.92. The van der Waals surface area contributed by atoms with Crippen LogP contribution in [-0.4, -0.2) is 19.9 Å². The summed E-state index contributed by atoms with van der Waals surface area (Å²) in [5.41, 5.74) is 7.06. The molecule has 92 valence electrons. The van der Waals surface area contributed by atoms with Crippen molar-refractivity contribution in [3.05, 3.63) is 17.6 Å². The van der Waals surface area contributed by atoms with E-state index in [1.807, 2.05) is 38.4 Å². The molecule has 0 radical (unpaired) electrons. The van der Waals surface area contributed by atoms with Crippen molar-refractivity contribution in [1.29, 1.82) is 0 Å². The lowest BCUT2D eigenvalue weighted by atomic mass is 10.1. The summed E-state index contributed by atoms with van der Waals surface area (Å²) in [6.07, 6.45) is 0. The number of nitrogens with two attached hydrogens (primary N) is 1. The molecule has 0 aliphatic carbocycles. The first kappa shape index (κ1) is 11.8. The second-order valence-corrected chi connectivity index (χ2v) is 4.63. The minimum absolute atomic E-state index is 0.459. The van der Waals surface area contributed by atoms with Crippen molar-refractivity contribution in [2.24, 2.45) is 5.73 Å². The molecule has 2 heterocycles. The summed E-state index contributed by atoms with van der Waals surface area (Å²) in [7, 11) is 0. The van der Waals surface area contributed by atoms with Gasteiger partial charge in [-0.15, -0.1) is 0 Å². The molecule has 0 aliphatic heterocycles. The highest BCUT2D eigenvalue weighted by Gasteiger charge is 2.23. The highest BCUT2D eigenvalue weighted by molar-refractivity contribution is 5.48. The highest BCUT2D eigenvalue weighted by Crippen LogP contribution is 2.21. The normalized spacial score (nSPS) is 12.1. The molecule has 2 rings (SSSR count). The van der Waals surface area contributed by atoms with E-state index in [2.05, 4.69) is 15.2 Å². The van der Waals surface area contributed by atoms with Gasteiger partial charge < -0.3 is 10.3 Å². The van der Waals surface area contributed by atoms with Crippen LogP contribution < -0.4 is 5.73 Å². The third-order valence-electron chi connectivity index (χ3n) is 2.42. The van der Waals surface area contributed by atoms with Crippen LogP contribution in [0.4, 0.5) is 0 Å². The van der Waals surface area contributed by atoms with Gasteiger partial charge in [0.25, 0.3) is 5.89 Å². The van der Waals surface area contributed by atoms with Crippen LogP contribution in [0.15, 0.2) is 10.6 Å². The zero-order valence-electron chi connectivity index (χ0n) is 10.6. The van der Waals surface area contributed by atoms with Gasteiger partial charge in [0.15, 0.2) is 5.82 Å². The predicted octanol–water partition coefficient (Wildman–Crippen LogP) is 1.46. The van der Waals surface area contributed by atoms with Crippen LogP contribution in [0.1, 0.15) is 32.3 Å². The predicted molar refractivity (Wildman–Crippen MR) is 63.1 cm³/mol. The lowest BCUT2D eigenvalue weighted by molar-refractivity contribution is 0.394. The van der Waals surface area contributed by atoms with Gasteiger partial charge in [-0.3, -0.25) is 4.68 Å². The quantitative estimate of drug-likeness (QED) is 0.870. The summed E-state index contributed by atoms with van der Waals surface area (Å²) >= 11 is 0. The van der Waals surface area contributed by atoms with Crippen molar-refractivity contribution < 1.29 is 4.52 Å². The van der Waals surface area contributed by atoms with Crippen LogP contribution in [0, 0.1) is 6.92 Å². The zero-order chi connectivity index (χ0) is 12.6. The second-order valence-electron chi connectivity index (χ2n) is 4.63. The molecular formula is C11H17N5O. The van der Waals surface area contributed by atoms with Gasteiger partial charge in [-0.2, -0.15) is 10.1 Å². The first-order valence-electron chi connectivity index (χ1n) is 5.59. The topological polar surface area (TPSA) is 82.8 Å². The Balaban J connectivity index is 2.43. The van der Waals surface area contributed by atoms with Crippen LogP contribution in [-0.2, 0) is 12.1 Å². The lowest BCUT2D eigenvalue weighted by Gasteiger charge is -2.11. The minimum Gasteiger partial charge on any atom is -0.332 e. The number of nitrogens with zero attached hydrogens (tertiary/aromatic N) is 4. The maximum Gasteiger partial charge on any atom is 0.276 e. The van der Waals surface area contributed by atoms with Gasteiger partial charge >= 0.3 is 0 Å². The highest BCUT2D eigenvalue weighted by atomic mass is 16.5. The van der Waals surface area contributed by atoms with Gasteiger partial charge in [0, 0.05) is 6.54 Å². The van der Waals surface area contributed by atoms with Crippen molar-refractivity contribution >= 4 is 0 Å². The van der Waals surface area contributed by atoms with E-state index >= 15 is 0 Å². The Labute approximate surface area is 99.8 Å². The number of hydrogen-bond donors (Lipinski definition) is 1. The molecule has 6 heteroatoms. The standard InChI is InChI=1S/C11H17N5O/c1-5-16-8(6-7(2)14-16)9-13-10(15-17-9)11(3,4)12/h6H,5,12H2,1-4H3. The van der Waals surface area contributed by atoms with Crippen LogP contribution in [0.25, 0.3) is 11.6 Å². The molecule has 0 bridgehead atoms. The van der Waals surface area contributed by atoms with E-state index in [0.717, 1.165) is 17.9 Å². The number of aromatic nitrogens is 4. The zero-order valence-corrected chi connectivity index (χ0v) is 10.6. The Kier molecular flexibility index (Phi) is 2.74. The van der Waals surface area contributed by atoms with Crippen LogP contribution >= 0.6 is 0 Å². The molecule has 0 spiro atoms. The number of hydrogen-bond acceptors (Lipinski definition) is 5. The fraction of sp³-hybridized carbons (Fsp3) is 0.545. The van der Waals surface area contributed by atoms with E-state index in [1.165, 1.54) is 0 Å². The first-order chi connectivity index (χ1) is 7.91. The SMILES string of the molecule is CCn1nc(C)cc1-c1nc(C(C)(C)N)no1. The Morgan fingerprint density at radius 2 is 2.18 bits per heavy atom. The molecule has 0 saturated heterocycles. The summed E-state index contributed by atoms with van der Waals surface area (Å²) < 4.78 is 7.06. The van der Waals surface area contributed by atoms with Gasteiger partial charge in [0.2, 0.25) is 0 Å². The Hall–Kier alpha value is -1.69. The summed E-state index contributed by atoms with van der Waals surface area (Å²) in [5.74, 6) is 0.954. The maximum absolute atomic E-state index is 5.92. The van der Waals surface area contributed by atoms with Gasteiger partial charge in [-0.05, 0) is 33.8 Å². The van der Waals surface area contributed by atoms with E-state index in [9.17, 15) is 0 Å². The number of rotatable bonds is 3. The van der Waals surface area contributed by atoms with E-state index in [4.69, 9.17) is 10.3 Å². The summed E-state index contributed by atoms with van der Waals surface area (Å²) in [4.78, 5) is 4.31. The number of aryl methyl sites for hydroxylation is 2. The van der Waals surface area contributed by atoms with E-state index < -0.39 is 5.54 Å². The molecule has 2 N–H and O–H groups in total. The monoisotopic (exact) mass is 235 g/mol. The molecule has 0 aromatic carbocycles. The lowest BCUT2D eigenvalue weighted by Crippen LogP contribution is -2.30. The third kappa shape index (κ3) is 2.21. The van der Waals surface area contributed by atoms with Gasteiger partial charge in [0.05, 0.1) is 11.2 Å². The first-order valence-corrected chi connectivity index (χ1v) is 5.59. The molecule has 0 unspecified atom stereocenters. The average Bonchev–Trinajstić information content (AvgIpc) is 2.81. The molecule has 0 aliphatic rings. The largest absolute Gasteiger partial charge is 0.332 e. The Morgan fingerprint density at radius 3 is 2.71 bits per heavy atom. The van der Waals surface area contributed by atoms with Crippen LogP contribution in [0.5, 0.6) is 0 Å². The molecule has 2 aromatic heterocycles. The van der Waals surface area contributed by atoms with E-state index in [0.29, 0.717) is 11.7 Å². The van der Waals surface area contributed by atoms with Crippen molar-refractivity contribution in [3.63, 3.8) is 0 Å². The Morgan fingerprint density at radius 1 is 1.47 bits per heavy atom. The average molecular weight is 235 g/mol. The fourth-order valence-electron chi connectivity index (χ4n) is 1.55. The van der Waals surface area contributed by atoms with E-state index in [1.54, 1.807) is 0 Å². The van der Waals surface area contributed by atoms with Gasteiger partial charge in [-0.25, -0.2) is 0 Å². The fourth-order valence-corrected chi connectivity index (χ4v) is 1.55. The van der Waals surface area contributed by atoms with Crippen LogP contribution in [0.3, 0.4) is 0 Å². The van der Waals surface area contributed by atoms with Crippen molar-refractivity contribution in [2.45, 2.75) is 39.8 Å². The Bertz CT molecular complexity index is 520. The summed E-state index contributed by atoms with van der Waals surface area (Å²) in [6.45, 7) is 8.38. The van der Waals surface area contributed by atoms with Gasteiger partial charge in [0.1, 0.15) is 5.69 Å². The third-order valence-corrected chi connectivity index (χ3v) is 2.42.